The zero-order chi connectivity index (χ0) is 21.4. The van der Waals surface area contributed by atoms with Crippen LogP contribution in [0.1, 0.15) is 24.6 Å². The minimum atomic E-state index is -3.50. The number of aromatic nitrogens is 4. The zero-order valence-corrected chi connectivity index (χ0v) is 18.4. The van der Waals surface area contributed by atoms with Crippen LogP contribution in [0.2, 0.25) is 0 Å². The SMILES string of the molecule is CN1CCN(S(=O)(=O)c2ccc(N3CCCC(c4nnc5ccccn45)C3)nc2)CC1. The van der Waals surface area contributed by atoms with Crippen molar-refractivity contribution < 1.29 is 8.42 Å². The maximum absolute atomic E-state index is 12.9. The van der Waals surface area contributed by atoms with Crippen LogP contribution in [0.4, 0.5) is 5.82 Å². The fraction of sp³-hybridized carbons (Fsp3) is 0.476. The molecule has 2 saturated heterocycles. The number of fused-ring (bicyclic) bond motifs is 1. The van der Waals surface area contributed by atoms with Gasteiger partial charge in [-0.2, -0.15) is 4.31 Å². The highest BCUT2D eigenvalue weighted by molar-refractivity contribution is 7.89. The van der Waals surface area contributed by atoms with Gasteiger partial charge in [0, 0.05) is 57.6 Å². The van der Waals surface area contributed by atoms with Crippen molar-refractivity contribution >= 4 is 21.5 Å². The van der Waals surface area contributed by atoms with Gasteiger partial charge >= 0.3 is 0 Å². The normalized spacial score (nSPS) is 21.6. The number of likely N-dealkylation sites (N-methyl/N-ethyl adjacent to an activating group) is 1. The van der Waals surface area contributed by atoms with Crippen molar-refractivity contribution in [1.29, 1.82) is 0 Å². The Kier molecular flexibility index (Phi) is 5.37. The summed E-state index contributed by atoms with van der Waals surface area (Å²) in [5.41, 5.74) is 0.853. The van der Waals surface area contributed by atoms with Gasteiger partial charge in [0.1, 0.15) is 16.5 Å². The number of sulfonamides is 1. The van der Waals surface area contributed by atoms with Crippen molar-refractivity contribution in [2.45, 2.75) is 23.7 Å². The Hall–Kier alpha value is -2.56. The van der Waals surface area contributed by atoms with E-state index in [-0.39, 0.29) is 10.8 Å². The minimum absolute atomic E-state index is 0.252. The van der Waals surface area contributed by atoms with Gasteiger partial charge < -0.3 is 9.80 Å². The van der Waals surface area contributed by atoms with E-state index in [9.17, 15) is 8.42 Å². The average Bonchev–Trinajstić information content (AvgIpc) is 3.24. The van der Waals surface area contributed by atoms with Gasteiger partial charge in [0.25, 0.3) is 0 Å². The number of anilines is 1. The van der Waals surface area contributed by atoms with Gasteiger partial charge in [0.05, 0.1) is 0 Å². The van der Waals surface area contributed by atoms with Crippen LogP contribution in [-0.4, -0.2) is 83.5 Å². The molecule has 1 unspecified atom stereocenters. The predicted molar refractivity (Wildman–Crippen MR) is 118 cm³/mol. The molecular formula is C21H27N7O2S. The highest BCUT2D eigenvalue weighted by Crippen LogP contribution is 2.29. The molecule has 5 rings (SSSR count). The summed E-state index contributed by atoms with van der Waals surface area (Å²) < 4.78 is 29.5. The molecule has 2 aliphatic rings. The van der Waals surface area contributed by atoms with Crippen LogP contribution >= 0.6 is 0 Å². The highest BCUT2D eigenvalue weighted by atomic mass is 32.2. The molecule has 0 saturated carbocycles. The molecule has 1 atom stereocenters. The van der Waals surface area contributed by atoms with Crippen molar-refractivity contribution in [3.05, 3.63) is 48.5 Å². The van der Waals surface area contributed by atoms with E-state index in [1.54, 1.807) is 10.4 Å². The summed E-state index contributed by atoms with van der Waals surface area (Å²) in [4.78, 5) is 9.14. The second kappa shape index (κ2) is 8.18. The smallest absolute Gasteiger partial charge is 0.244 e. The van der Waals surface area contributed by atoms with Crippen molar-refractivity contribution in [2.75, 3.05) is 51.2 Å². The molecule has 2 aliphatic heterocycles. The van der Waals surface area contributed by atoms with E-state index in [1.807, 2.05) is 41.9 Å². The van der Waals surface area contributed by atoms with Gasteiger partial charge in [-0.3, -0.25) is 4.40 Å². The second-order valence-electron chi connectivity index (χ2n) is 8.33. The predicted octanol–water partition coefficient (Wildman–Crippen LogP) is 1.44. The largest absolute Gasteiger partial charge is 0.356 e. The van der Waals surface area contributed by atoms with Gasteiger partial charge in [0.15, 0.2) is 5.65 Å². The molecule has 10 heteroatoms. The van der Waals surface area contributed by atoms with Crippen LogP contribution < -0.4 is 4.90 Å². The molecule has 0 aromatic carbocycles. The summed E-state index contributed by atoms with van der Waals surface area (Å²) in [6, 6.07) is 9.42. The van der Waals surface area contributed by atoms with Gasteiger partial charge in [-0.15, -0.1) is 10.2 Å². The Labute approximate surface area is 182 Å². The van der Waals surface area contributed by atoms with E-state index < -0.39 is 10.0 Å². The summed E-state index contributed by atoms with van der Waals surface area (Å²) in [5.74, 6) is 2.02. The highest BCUT2D eigenvalue weighted by Gasteiger charge is 2.29. The number of hydrogen-bond acceptors (Lipinski definition) is 7. The fourth-order valence-corrected chi connectivity index (χ4v) is 5.79. The summed E-state index contributed by atoms with van der Waals surface area (Å²) in [5, 5.41) is 8.71. The standard InChI is InChI=1S/C21H27N7O2S/c1-25-11-13-27(14-12-25)31(29,30)18-7-8-19(22-15-18)26-9-4-5-17(16-26)21-24-23-20-6-2-3-10-28(20)21/h2-3,6-8,10,15,17H,4-5,9,11-14,16H2,1H3. The van der Waals surface area contributed by atoms with E-state index in [2.05, 4.69) is 25.0 Å². The van der Waals surface area contributed by atoms with Crippen LogP contribution in [0.5, 0.6) is 0 Å². The first-order valence-electron chi connectivity index (χ1n) is 10.7. The molecule has 31 heavy (non-hydrogen) atoms. The molecule has 0 amide bonds. The van der Waals surface area contributed by atoms with E-state index in [0.717, 1.165) is 56.3 Å². The molecule has 5 heterocycles. The fourth-order valence-electron chi connectivity index (χ4n) is 4.42. The first kappa shape index (κ1) is 20.3. The number of hydrogen-bond donors (Lipinski definition) is 0. The van der Waals surface area contributed by atoms with E-state index in [1.165, 1.54) is 6.20 Å². The van der Waals surface area contributed by atoms with Crippen molar-refractivity contribution in [3.8, 4) is 0 Å². The molecule has 0 N–H and O–H groups in total. The minimum Gasteiger partial charge on any atom is -0.356 e. The van der Waals surface area contributed by atoms with E-state index >= 15 is 0 Å². The van der Waals surface area contributed by atoms with Gasteiger partial charge in [-0.25, -0.2) is 13.4 Å². The lowest BCUT2D eigenvalue weighted by molar-refractivity contribution is 0.222. The number of piperazine rings is 1. The molecule has 0 bridgehead atoms. The Morgan fingerprint density at radius 3 is 2.61 bits per heavy atom. The van der Waals surface area contributed by atoms with Gasteiger partial charge in [-0.1, -0.05) is 6.07 Å². The molecule has 3 aromatic rings. The molecule has 0 spiro atoms. The molecule has 0 aliphatic carbocycles. The van der Waals surface area contributed by atoms with Crippen LogP contribution in [-0.2, 0) is 10.0 Å². The number of nitrogens with zero attached hydrogens (tertiary/aromatic N) is 7. The third-order valence-corrected chi connectivity index (χ3v) is 8.15. The van der Waals surface area contributed by atoms with E-state index in [4.69, 9.17) is 0 Å². The maximum atomic E-state index is 12.9. The second-order valence-corrected chi connectivity index (χ2v) is 10.3. The molecule has 0 radical (unpaired) electrons. The van der Waals surface area contributed by atoms with Crippen LogP contribution in [0.15, 0.2) is 47.6 Å². The Balaban J connectivity index is 1.32. The summed E-state index contributed by atoms with van der Waals surface area (Å²) in [6.45, 7) is 4.20. The molecular weight excluding hydrogens is 414 g/mol. The molecule has 164 valence electrons. The number of rotatable bonds is 4. The van der Waals surface area contributed by atoms with E-state index in [0.29, 0.717) is 13.1 Å². The lowest BCUT2D eigenvalue weighted by atomic mass is 9.97. The Morgan fingerprint density at radius 1 is 1.00 bits per heavy atom. The lowest BCUT2D eigenvalue weighted by Crippen LogP contribution is -2.47. The number of piperidine rings is 1. The van der Waals surface area contributed by atoms with Crippen molar-refractivity contribution in [1.82, 2.24) is 28.8 Å². The summed E-state index contributed by atoms with van der Waals surface area (Å²) in [6.07, 6.45) is 5.57. The maximum Gasteiger partial charge on any atom is 0.244 e. The quantitative estimate of drug-likeness (QED) is 0.606. The van der Waals surface area contributed by atoms with Crippen LogP contribution in [0.25, 0.3) is 5.65 Å². The van der Waals surface area contributed by atoms with Crippen molar-refractivity contribution in [2.24, 2.45) is 0 Å². The summed E-state index contributed by atoms with van der Waals surface area (Å²) in [7, 11) is -1.49. The molecule has 9 nitrogen and oxygen atoms in total. The third-order valence-electron chi connectivity index (χ3n) is 6.27. The zero-order valence-electron chi connectivity index (χ0n) is 17.6. The van der Waals surface area contributed by atoms with Crippen LogP contribution in [0, 0.1) is 0 Å². The average molecular weight is 442 g/mol. The molecule has 3 aromatic heterocycles. The van der Waals surface area contributed by atoms with Gasteiger partial charge in [0.2, 0.25) is 10.0 Å². The molecule has 2 fully saturated rings. The Bertz CT molecular complexity index is 1150. The third kappa shape index (κ3) is 3.90. The first-order valence-corrected chi connectivity index (χ1v) is 12.2. The topological polar surface area (TPSA) is 86.9 Å². The lowest BCUT2D eigenvalue weighted by Gasteiger charge is -2.33. The Morgan fingerprint density at radius 2 is 1.84 bits per heavy atom. The number of pyridine rings is 2. The van der Waals surface area contributed by atoms with Crippen LogP contribution in [0.3, 0.4) is 0 Å². The van der Waals surface area contributed by atoms with Crippen molar-refractivity contribution in [3.63, 3.8) is 0 Å². The van der Waals surface area contributed by atoms with Gasteiger partial charge in [-0.05, 0) is 44.2 Å². The monoisotopic (exact) mass is 441 g/mol. The first-order chi connectivity index (χ1) is 15.0. The summed E-state index contributed by atoms with van der Waals surface area (Å²) >= 11 is 0.